The van der Waals surface area contributed by atoms with Crippen LogP contribution >= 0.6 is 20.6 Å². The molecule has 2 aromatic carbocycles. The molecular weight excluding hydrogens is 207 g/mol. The molecule has 3 rings (SSSR count). The Labute approximate surface area is 88.8 Å². The molecule has 0 spiro atoms. The van der Waals surface area contributed by atoms with Crippen LogP contribution in [0.5, 0.6) is 0 Å². The van der Waals surface area contributed by atoms with Crippen LogP contribution in [0.25, 0.3) is 20.2 Å². The zero-order chi connectivity index (χ0) is 9.54. The predicted octanol–water partition coefficient (Wildman–Crippen LogP) is 3.55. The van der Waals surface area contributed by atoms with E-state index in [0.717, 1.165) is 0 Å². The van der Waals surface area contributed by atoms with E-state index >= 15 is 0 Å². The van der Waals surface area contributed by atoms with Gasteiger partial charge in [-0.3, -0.25) is 0 Å². The van der Waals surface area contributed by atoms with E-state index < -0.39 is 0 Å². The second-order valence-electron chi connectivity index (χ2n) is 3.35. The number of benzene rings is 2. The quantitative estimate of drug-likeness (QED) is 0.504. The van der Waals surface area contributed by atoms with Crippen LogP contribution in [0.3, 0.4) is 0 Å². The fourth-order valence-electron chi connectivity index (χ4n) is 1.74. The summed E-state index contributed by atoms with van der Waals surface area (Å²) in [6.45, 7) is 0. The number of hydrogen-bond donors (Lipinski definition) is 0. The highest BCUT2D eigenvalue weighted by atomic mass is 32.1. The molecule has 1 aromatic heterocycles. The Morgan fingerprint density at radius 1 is 0.857 bits per heavy atom. The van der Waals surface area contributed by atoms with Gasteiger partial charge in [0.2, 0.25) is 0 Å². The minimum atomic E-state index is 1.25. The van der Waals surface area contributed by atoms with E-state index in [1.54, 1.807) is 0 Å². The van der Waals surface area contributed by atoms with Crippen molar-refractivity contribution >= 4 is 46.1 Å². The van der Waals surface area contributed by atoms with Crippen LogP contribution in [0.1, 0.15) is 0 Å². The number of thiophene rings is 1. The van der Waals surface area contributed by atoms with Crippen molar-refractivity contribution in [2.24, 2.45) is 0 Å². The third kappa shape index (κ3) is 1.17. The van der Waals surface area contributed by atoms with Crippen LogP contribution in [-0.2, 0) is 0 Å². The lowest BCUT2D eigenvalue weighted by Gasteiger charge is -1.92. The largest absolute Gasteiger partial charge is 0.135 e. The molecule has 0 fully saturated rings. The zero-order valence-electron chi connectivity index (χ0n) is 7.53. The van der Waals surface area contributed by atoms with Crippen LogP contribution in [0.2, 0.25) is 0 Å². The molecule has 0 aliphatic heterocycles. The van der Waals surface area contributed by atoms with E-state index in [9.17, 15) is 0 Å². The lowest BCUT2D eigenvalue weighted by molar-refractivity contribution is 1.86. The van der Waals surface area contributed by atoms with Gasteiger partial charge in [0.25, 0.3) is 0 Å². The SMILES string of the molecule is Pc1ccc2sc3ccccc3c2c1. The molecule has 14 heavy (non-hydrogen) atoms. The predicted molar refractivity (Wildman–Crippen MR) is 68.7 cm³/mol. The van der Waals surface area contributed by atoms with Crippen molar-refractivity contribution in [3.63, 3.8) is 0 Å². The number of fused-ring (bicyclic) bond motifs is 3. The first-order valence-electron chi connectivity index (χ1n) is 4.51. The van der Waals surface area contributed by atoms with Gasteiger partial charge in [0.15, 0.2) is 0 Å². The summed E-state index contributed by atoms with van der Waals surface area (Å²) >= 11 is 1.86. The highest BCUT2D eigenvalue weighted by molar-refractivity contribution is 7.28. The van der Waals surface area contributed by atoms with Gasteiger partial charge in [0.05, 0.1) is 0 Å². The summed E-state index contributed by atoms with van der Waals surface area (Å²) in [5.74, 6) is 0. The maximum atomic E-state index is 2.75. The van der Waals surface area contributed by atoms with Gasteiger partial charge in [-0.25, -0.2) is 0 Å². The summed E-state index contributed by atoms with van der Waals surface area (Å²) in [4.78, 5) is 0. The van der Waals surface area contributed by atoms with Gasteiger partial charge in [-0.1, -0.05) is 24.3 Å². The third-order valence-electron chi connectivity index (χ3n) is 2.40. The molecule has 0 saturated carbocycles. The lowest BCUT2D eigenvalue weighted by atomic mass is 10.1. The summed E-state index contributed by atoms with van der Waals surface area (Å²) in [5, 5.41) is 4.00. The van der Waals surface area contributed by atoms with Gasteiger partial charge < -0.3 is 0 Å². The molecular formula is C12H9PS. The van der Waals surface area contributed by atoms with Crippen LogP contribution in [0.15, 0.2) is 42.5 Å². The first-order valence-corrected chi connectivity index (χ1v) is 5.91. The molecule has 1 atom stereocenters. The van der Waals surface area contributed by atoms with Gasteiger partial charge in [0, 0.05) is 20.2 Å². The van der Waals surface area contributed by atoms with Crippen LogP contribution in [0.4, 0.5) is 0 Å². The highest BCUT2D eigenvalue weighted by Gasteiger charge is 2.02. The Bertz CT molecular complexity index is 610. The monoisotopic (exact) mass is 216 g/mol. The van der Waals surface area contributed by atoms with E-state index in [2.05, 4.69) is 51.7 Å². The van der Waals surface area contributed by atoms with Crippen molar-refractivity contribution in [1.29, 1.82) is 0 Å². The van der Waals surface area contributed by atoms with Crippen molar-refractivity contribution < 1.29 is 0 Å². The highest BCUT2D eigenvalue weighted by Crippen LogP contribution is 2.32. The standard InChI is InChI=1S/C12H9PS/c13-8-5-6-12-10(7-8)9-3-1-2-4-11(9)14-12/h1-7H,13H2. The van der Waals surface area contributed by atoms with Crippen LogP contribution in [0, 0.1) is 0 Å². The average Bonchev–Trinajstić information content (AvgIpc) is 2.56. The Morgan fingerprint density at radius 2 is 1.64 bits per heavy atom. The normalized spacial score (nSPS) is 11.2. The molecule has 0 N–H and O–H groups in total. The maximum absolute atomic E-state index is 2.75. The summed E-state index contributed by atoms with van der Waals surface area (Å²) in [6, 6.07) is 15.1. The minimum absolute atomic E-state index is 1.25. The molecule has 0 saturated heterocycles. The number of hydrogen-bond acceptors (Lipinski definition) is 1. The molecule has 0 radical (unpaired) electrons. The van der Waals surface area contributed by atoms with E-state index in [0.29, 0.717) is 0 Å². The molecule has 1 heterocycles. The van der Waals surface area contributed by atoms with Crippen LogP contribution in [-0.4, -0.2) is 0 Å². The van der Waals surface area contributed by atoms with Gasteiger partial charge in [-0.15, -0.1) is 20.6 Å². The Hall–Kier alpha value is -0.910. The van der Waals surface area contributed by atoms with Gasteiger partial charge in [-0.2, -0.15) is 0 Å². The summed E-state index contributed by atoms with van der Waals surface area (Å²) in [5.41, 5.74) is 0. The second-order valence-corrected chi connectivity index (χ2v) is 5.10. The fourth-order valence-corrected chi connectivity index (χ4v) is 3.09. The molecule has 2 heteroatoms. The summed E-state index contributed by atoms with van der Waals surface area (Å²) in [6.07, 6.45) is 0. The zero-order valence-corrected chi connectivity index (χ0v) is 9.50. The Morgan fingerprint density at radius 3 is 2.57 bits per heavy atom. The average molecular weight is 216 g/mol. The fraction of sp³-hybridized carbons (Fsp3) is 0. The molecule has 3 aromatic rings. The topological polar surface area (TPSA) is 0 Å². The summed E-state index contributed by atoms with van der Waals surface area (Å²) in [7, 11) is 2.75. The smallest absolute Gasteiger partial charge is 0.0355 e. The lowest BCUT2D eigenvalue weighted by Crippen LogP contribution is -1.85. The Balaban J connectivity index is 2.58. The molecule has 0 bridgehead atoms. The van der Waals surface area contributed by atoms with Crippen LogP contribution < -0.4 is 5.30 Å². The Kier molecular flexibility index (Phi) is 1.83. The molecule has 0 aliphatic rings. The number of rotatable bonds is 0. The van der Waals surface area contributed by atoms with Gasteiger partial charge in [-0.05, 0) is 23.5 Å². The van der Waals surface area contributed by atoms with Gasteiger partial charge >= 0.3 is 0 Å². The van der Waals surface area contributed by atoms with Crippen molar-refractivity contribution in [1.82, 2.24) is 0 Å². The first kappa shape index (κ1) is 8.40. The van der Waals surface area contributed by atoms with E-state index in [4.69, 9.17) is 0 Å². The maximum Gasteiger partial charge on any atom is 0.0355 e. The van der Waals surface area contributed by atoms with Crippen molar-refractivity contribution in [3.8, 4) is 0 Å². The minimum Gasteiger partial charge on any atom is -0.135 e. The second kappa shape index (κ2) is 3.05. The van der Waals surface area contributed by atoms with E-state index in [-0.39, 0.29) is 0 Å². The van der Waals surface area contributed by atoms with Gasteiger partial charge in [0.1, 0.15) is 0 Å². The molecule has 68 valence electrons. The van der Waals surface area contributed by atoms with Crippen molar-refractivity contribution in [2.75, 3.05) is 0 Å². The molecule has 1 unspecified atom stereocenters. The van der Waals surface area contributed by atoms with Crippen molar-refractivity contribution in [2.45, 2.75) is 0 Å². The first-order chi connectivity index (χ1) is 6.84. The van der Waals surface area contributed by atoms with Crippen molar-refractivity contribution in [3.05, 3.63) is 42.5 Å². The molecule has 0 amide bonds. The molecule has 0 nitrogen and oxygen atoms in total. The third-order valence-corrected chi connectivity index (χ3v) is 3.91. The summed E-state index contributed by atoms with van der Waals surface area (Å²) < 4.78 is 2.75. The van der Waals surface area contributed by atoms with E-state index in [1.807, 2.05) is 11.3 Å². The van der Waals surface area contributed by atoms with E-state index in [1.165, 1.54) is 25.5 Å². The molecule has 0 aliphatic carbocycles.